The van der Waals surface area contributed by atoms with Crippen LogP contribution in [0.3, 0.4) is 0 Å². The molecule has 0 spiro atoms. The molecule has 0 radical (unpaired) electrons. The second kappa shape index (κ2) is 5.42. The molecule has 0 aliphatic rings. The Morgan fingerprint density at radius 2 is 2.17 bits per heavy atom. The van der Waals surface area contributed by atoms with Crippen LogP contribution in [0.4, 0.5) is 5.69 Å². The van der Waals surface area contributed by atoms with E-state index in [0.717, 1.165) is 11.3 Å². The van der Waals surface area contributed by atoms with Crippen LogP contribution in [0, 0.1) is 0 Å². The maximum Gasteiger partial charge on any atom is 0.265 e. The van der Waals surface area contributed by atoms with Gasteiger partial charge in [0.15, 0.2) is 0 Å². The average molecular weight is 282 g/mol. The Balaban J connectivity index is 2.16. The minimum absolute atomic E-state index is 0.0717. The van der Waals surface area contributed by atoms with Gasteiger partial charge >= 0.3 is 0 Å². The van der Waals surface area contributed by atoms with E-state index < -0.39 is 0 Å². The molecular weight excluding hydrogens is 270 g/mol. The fourth-order valence-electron chi connectivity index (χ4n) is 1.48. The van der Waals surface area contributed by atoms with Gasteiger partial charge in [-0.25, -0.2) is 0 Å². The van der Waals surface area contributed by atoms with Gasteiger partial charge in [0.2, 0.25) is 0 Å². The third kappa shape index (κ3) is 2.83. The number of phenols is 1. The molecule has 1 aromatic heterocycles. The number of aryl methyl sites for hydroxylation is 1. The monoisotopic (exact) mass is 281 g/mol. The Morgan fingerprint density at radius 1 is 1.39 bits per heavy atom. The van der Waals surface area contributed by atoms with Crippen molar-refractivity contribution < 1.29 is 9.90 Å². The molecule has 1 aromatic carbocycles. The summed E-state index contributed by atoms with van der Waals surface area (Å²) in [5.74, 6) is -0.116. The fraction of sp³-hybridized carbons (Fsp3) is 0.154. The van der Waals surface area contributed by atoms with Crippen molar-refractivity contribution in [2.24, 2.45) is 0 Å². The molecule has 0 bridgehead atoms. The lowest BCUT2D eigenvalue weighted by molar-refractivity contribution is 0.103. The van der Waals surface area contributed by atoms with Crippen molar-refractivity contribution in [3.05, 3.63) is 45.1 Å². The zero-order chi connectivity index (χ0) is 13.1. The summed E-state index contributed by atoms with van der Waals surface area (Å²) < 4.78 is 0. The van der Waals surface area contributed by atoms with E-state index in [9.17, 15) is 9.90 Å². The molecule has 2 aromatic rings. The smallest absolute Gasteiger partial charge is 0.265 e. The maximum absolute atomic E-state index is 12.0. The van der Waals surface area contributed by atoms with Crippen LogP contribution in [0.15, 0.2) is 30.3 Å². The number of hydrogen-bond acceptors (Lipinski definition) is 3. The maximum atomic E-state index is 12.0. The first-order valence-electron chi connectivity index (χ1n) is 5.48. The van der Waals surface area contributed by atoms with Gasteiger partial charge in [-0.2, -0.15) is 0 Å². The number of phenolic OH excluding ortho intramolecular Hbond substituents is 1. The van der Waals surface area contributed by atoms with Gasteiger partial charge in [0.1, 0.15) is 5.75 Å². The van der Waals surface area contributed by atoms with E-state index >= 15 is 0 Å². The normalized spacial score (nSPS) is 10.3. The largest absolute Gasteiger partial charge is 0.508 e. The number of benzene rings is 1. The van der Waals surface area contributed by atoms with Crippen LogP contribution in [0.5, 0.6) is 5.75 Å². The van der Waals surface area contributed by atoms with E-state index in [1.165, 1.54) is 23.5 Å². The number of amides is 1. The van der Waals surface area contributed by atoms with E-state index in [2.05, 4.69) is 5.32 Å². The van der Waals surface area contributed by atoms with Gasteiger partial charge in [-0.05, 0) is 30.7 Å². The fourth-order valence-corrected chi connectivity index (χ4v) is 2.54. The van der Waals surface area contributed by atoms with Gasteiger partial charge in [-0.15, -0.1) is 11.3 Å². The zero-order valence-electron chi connectivity index (χ0n) is 9.74. The van der Waals surface area contributed by atoms with Gasteiger partial charge < -0.3 is 10.4 Å². The van der Waals surface area contributed by atoms with Crippen molar-refractivity contribution in [3.8, 4) is 5.75 Å². The van der Waals surface area contributed by atoms with Crippen LogP contribution in [0.2, 0.25) is 5.02 Å². The Hall–Kier alpha value is -1.52. The molecule has 0 aliphatic heterocycles. The molecule has 1 amide bonds. The molecule has 2 rings (SSSR count). The molecule has 1 heterocycles. The lowest BCUT2D eigenvalue weighted by atomic mass is 10.3. The van der Waals surface area contributed by atoms with Gasteiger partial charge in [0, 0.05) is 10.9 Å². The van der Waals surface area contributed by atoms with Crippen LogP contribution in [0.1, 0.15) is 21.5 Å². The number of halogens is 1. The van der Waals surface area contributed by atoms with Crippen LogP contribution in [0.25, 0.3) is 0 Å². The Bertz CT molecular complexity index is 580. The predicted octanol–water partition coefficient (Wildman–Crippen LogP) is 3.92. The van der Waals surface area contributed by atoms with Crippen LogP contribution in [-0.4, -0.2) is 11.0 Å². The van der Waals surface area contributed by atoms with Crippen molar-refractivity contribution >= 4 is 34.5 Å². The number of thiophene rings is 1. The first-order valence-corrected chi connectivity index (χ1v) is 6.68. The molecule has 94 valence electrons. The number of nitrogens with one attached hydrogen (secondary N) is 1. The first-order chi connectivity index (χ1) is 8.60. The molecular formula is C13H12ClNO2S. The quantitative estimate of drug-likeness (QED) is 0.838. The van der Waals surface area contributed by atoms with Crippen molar-refractivity contribution in [2.45, 2.75) is 13.3 Å². The minimum Gasteiger partial charge on any atom is -0.508 e. The predicted molar refractivity (Wildman–Crippen MR) is 74.8 cm³/mol. The first kappa shape index (κ1) is 12.9. The molecule has 0 fully saturated rings. The van der Waals surface area contributed by atoms with Crippen molar-refractivity contribution in [2.75, 3.05) is 5.32 Å². The number of carbonyl (C=O) groups is 1. The van der Waals surface area contributed by atoms with E-state index in [1.807, 2.05) is 13.0 Å². The van der Waals surface area contributed by atoms with E-state index in [1.54, 1.807) is 12.1 Å². The summed E-state index contributed by atoms with van der Waals surface area (Å²) >= 11 is 7.39. The lowest BCUT2D eigenvalue weighted by Crippen LogP contribution is -2.10. The topological polar surface area (TPSA) is 49.3 Å². The molecule has 0 saturated heterocycles. The highest BCUT2D eigenvalue weighted by Gasteiger charge is 2.11. The van der Waals surface area contributed by atoms with Crippen molar-refractivity contribution in [1.29, 1.82) is 0 Å². The number of aromatic hydroxyl groups is 1. The summed E-state index contributed by atoms with van der Waals surface area (Å²) in [6, 6.07) is 8.19. The van der Waals surface area contributed by atoms with Gasteiger partial charge in [0.05, 0.1) is 15.6 Å². The van der Waals surface area contributed by atoms with Crippen molar-refractivity contribution in [3.63, 3.8) is 0 Å². The van der Waals surface area contributed by atoms with E-state index in [0.29, 0.717) is 15.6 Å². The molecule has 0 saturated carbocycles. The Kier molecular flexibility index (Phi) is 3.89. The number of rotatable bonds is 3. The highest BCUT2D eigenvalue weighted by molar-refractivity contribution is 7.14. The second-order valence-electron chi connectivity index (χ2n) is 3.74. The van der Waals surface area contributed by atoms with Gasteiger partial charge in [0.25, 0.3) is 5.91 Å². The molecule has 2 N–H and O–H groups in total. The van der Waals surface area contributed by atoms with E-state index in [4.69, 9.17) is 11.6 Å². The van der Waals surface area contributed by atoms with Crippen LogP contribution < -0.4 is 5.32 Å². The Morgan fingerprint density at radius 3 is 2.78 bits per heavy atom. The van der Waals surface area contributed by atoms with Crippen LogP contribution >= 0.6 is 22.9 Å². The number of hydrogen-bond donors (Lipinski definition) is 2. The second-order valence-corrected chi connectivity index (χ2v) is 5.31. The van der Waals surface area contributed by atoms with E-state index in [-0.39, 0.29) is 11.7 Å². The molecule has 5 heteroatoms. The summed E-state index contributed by atoms with van der Waals surface area (Å²) in [6.45, 7) is 2.05. The summed E-state index contributed by atoms with van der Waals surface area (Å²) in [7, 11) is 0. The highest BCUT2D eigenvalue weighted by Crippen LogP contribution is 2.27. The molecule has 3 nitrogen and oxygen atoms in total. The molecule has 0 unspecified atom stereocenters. The Labute approximate surface area is 114 Å². The van der Waals surface area contributed by atoms with Crippen molar-refractivity contribution in [1.82, 2.24) is 0 Å². The number of anilines is 1. The zero-order valence-corrected chi connectivity index (χ0v) is 11.3. The third-order valence-corrected chi connectivity index (χ3v) is 3.98. The average Bonchev–Trinajstić information content (AvgIpc) is 2.81. The standard InChI is InChI=1S/C13H12ClNO2S/c1-2-9-4-6-12(18-9)13(17)15-11-5-3-8(16)7-10(11)14/h3-7,16H,2H2,1H3,(H,15,17). The molecule has 0 atom stereocenters. The van der Waals surface area contributed by atoms with Gasteiger partial charge in [-0.1, -0.05) is 18.5 Å². The summed E-state index contributed by atoms with van der Waals surface area (Å²) in [6.07, 6.45) is 0.915. The lowest BCUT2D eigenvalue weighted by Gasteiger charge is -2.06. The third-order valence-electron chi connectivity index (χ3n) is 2.43. The number of carbonyl (C=O) groups excluding carboxylic acids is 1. The van der Waals surface area contributed by atoms with Crippen LogP contribution in [-0.2, 0) is 6.42 Å². The molecule has 0 aliphatic carbocycles. The molecule has 18 heavy (non-hydrogen) atoms. The highest BCUT2D eigenvalue weighted by atomic mass is 35.5. The SMILES string of the molecule is CCc1ccc(C(=O)Nc2ccc(O)cc2Cl)s1. The van der Waals surface area contributed by atoms with Gasteiger partial charge in [-0.3, -0.25) is 4.79 Å². The summed E-state index contributed by atoms with van der Waals surface area (Å²) in [5.41, 5.74) is 0.492. The summed E-state index contributed by atoms with van der Waals surface area (Å²) in [4.78, 5) is 13.8. The summed E-state index contributed by atoms with van der Waals surface area (Å²) in [5, 5.41) is 12.3. The minimum atomic E-state index is -0.188.